The van der Waals surface area contributed by atoms with Crippen molar-refractivity contribution < 1.29 is 4.79 Å². The average Bonchev–Trinajstić information content (AvgIpc) is 2.77. The van der Waals surface area contributed by atoms with Gasteiger partial charge in [0.05, 0.1) is 5.69 Å². The molecule has 0 aliphatic carbocycles. The maximum absolute atomic E-state index is 13.2. The Kier molecular flexibility index (Phi) is 6.68. The van der Waals surface area contributed by atoms with Crippen LogP contribution in [0.15, 0.2) is 60.9 Å². The number of unbranched alkanes of at least 4 members (excludes halogenated alkanes) is 1. The van der Waals surface area contributed by atoms with Crippen LogP contribution in [0.2, 0.25) is 0 Å². The van der Waals surface area contributed by atoms with Gasteiger partial charge in [-0.3, -0.25) is 9.78 Å². The van der Waals surface area contributed by atoms with Crippen LogP contribution in [-0.4, -0.2) is 39.6 Å². The summed E-state index contributed by atoms with van der Waals surface area (Å²) in [5.41, 5.74) is 3.28. The lowest BCUT2D eigenvalue weighted by Crippen LogP contribution is -2.31. The Morgan fingerprint density at radius 3 is 2.68 bits per heavy atom. The lowest BCUT2D eigenvalue weighted by Gasteiger charge is -2.23. The van der Waals surface area contributed by atoms with E-state index in [2.05, 4.69) is 27.4 Å². The number of nitrogens with zero attached hydrogens (tertiary/aromatic N) is 4. The van der Waals surface area contributed by atoms with E-state index in [1.807, 2.05) is 59.6 Å². The van der Waals surface area contributed by atoms with Crippen LogP contribution in [0.3, 0.4) is 0 Å². The molecule has 144 valence electrons. The third-order valence-electron chi connectivity index (χ3n) is 4.49. The van der Waals surface area contributed by atoms with Crippen LogP contribution in [0.4, 0.5) is 5.82 Å². The van der Waals surface area contributed by atoms with Crippen LogP contribution >= 0.6 is 0 Å². The van der Waals surface area contributed by atoms with Crippen LogP contribution in [0.25, 0.3) is 11.3 Å². The number of nitrogens with one attached hydrogen (secondary N) is 1. The van der Waals surface area contributed by atoms with Crippen molar-refractivity contribution in [3.8, 4) is 11.3 Å². The van der Waals surface area contributed by atoms with Gasteiger partial charge in [0.25, 0.3) is 5.91 Å². The van der Waals surface area contributed by atoms with Gasteiger partial charge in [-0.1, -0.05) is 31.5 Å². The molecule has 6 nitrogen and oxygen atoms in total. The van der Waals surface area contributed by atoms with Gasteiger partial charge in [-0.05, 0) is 42.3 Å². The Morgan fingerprint density at radius 2 is 2.00 bits per heavy atom. The highest BCUT2D eigenvalue weighted by Crippen LogP contribution is 2.20. The molecule has 1 aromatic carbocycles. The first-order valence-corrected chi connectivity index (χ1v) is 9.51. The van der Waals surface area contributed by atoms with E-state index >= 15 is 0 Å². The highest BCUT2D eigenvalue weighted by molar-refractivity contribution is 5.95. The summed E-state index contributed by atoms with van der Waals surface area (Å²) in [6.07, 6.45) is 5.54. The number of anilines is 1. The number of hydrogen-bond donors (Lipinski definition) is 1. The van der Waals surface area contributed by atoms with Gasteiger partial charge in [-0.15, -0.1) is 10.2 Å². The zero-order valence-electron chi connectivity index (χ0n) is 16.3. The molecule has 0 bridgehead atoms. The summed E-state index contributed by atoms with van der Waals surface area (Å²) < 4.78 is 0. The first-order chi connectivity index (χ1) is 13.7. The minimum Gasteiger partial charge on any atom is -0.372 e. The largest absolute Gasteiger partial charge is 0.372 e. The van der Waals surface area contributed by atoms with E-state index in [4.69, 9.17) is 0 Å². The van der Waals surface area contributed by atoms with Gasteiger partial charge in [-0.25, -0.2) is 0 Å². The number of hydrogen-bond acceptors (Lipinski definition) is 5. The average molecular weight is 375 g/mol. The molecule has 3 rings (SSSR count). The first-order valence-electron chi connectivity index (χ1n) is 9.51. The van der Waals surface area contributed by atoms with Crippen molar-refractivity contribution in [2.75, 3.05) is 18.9 Å². The third kappa shape index (κ3) is 4.91. The quantitative estimate of drug-likeness (QED) is 0.644. The summed E-state index contributed by atoms with van der Waals surface area (Å²) in [5, 5.41) is 11.3. The summed E-state index contributed by atoms with van der Waals surface area (Å²) in [7, 11) is 1.80. The lowest BCUT2D eigenvalue weighted by atomic mass is 10.1. The van der Waals surface area contributed by atoms with Crippen molar-refractivity contribution in [1.29, 1.82) is 0 Å². The highest BCUT2D eigenvalue weighted by Gasteiger charge is 2.17. The summed E-state index contributed by atoms with van der Waals surface area (Å²) in [6, 6.07) is 15.2. The molecule has 0 fully saturated rings. The molecule has 0 saturated carbocycles. The van der Waals surface area contributed by atoms with Crippen LogP contribution in [0.5, 0.6) is 0 Å². The molecule has 6 heteroatoms. The maximum Gasteiger partial charge on any atom is 0.254 e. The molecule has 0 saturated heterocycles. The Balaban J connectivity index is 1.83. The van der Waals surface area contributed by atoms with Gasteiger partial charge in [0.2, 0.25) is 0 Å². The molecule has 0 spiro atoms. The van der Waals surface area contributed by atoms with Gasteiger partial charge >= 0.3 is 0 Å². The summed E-state index contributed by atoms with van der Waals surface area (Å²) in [4.78, 5) is 19.2. The Hall–Kier alpha value is -3.28. The van der Waals surface area contributed by atoms with Gasteiger partial charge in [0.1, 0.15) is 5.82 Å². The van der Waals surface area contributed by atoms with E-state index in [-0.39, 0.29) is 5.91 Å². The fourth-order valence-electron chi connectivity index (χ4n) is 2.93. The molecule has 1 N–H and O–H groups in total. The smallest absolute Gasteiger partial charge is 0.254 e. The summed E-state index contributed by atoms with van der Waals surface area (Å²) >= 11 is 0. The summed E-state index contributed by atoms with van der Waals surface area (Å²) in [5.74, 6) is 0.720. The molecule has 0 aliphatic heterocycles. The molecule has 0 aliphatic rings. The number of aromatic nitrogens is 3. The van der Waals surface area contributed by atoms with E-state index < -0.39 is 0 Å². The second kappa shape index (κ2) is 9.60. The van der Waals surface area contributed by atoms with Crippen LogP contribution < -0.4 is 5.32 Å². The Morgan fingerprint density at radius 1 is 1.11 bits per heavy atom. The van der Waals surface area contributed by atoms with Gasteiger partial charge in [0, 0.05) is 43.7 Å². The second-order valence-electron chi connectivity index (χ2n) is 6.58. The molecule has 2 heterocycles. The SMILES string of the molecule is CCCCN(Cc1cccnc1)C(=O)c1cccc(-c2ccc(NC)nn2)c1. The molecule has 3 aromatic rings. The van der Waals surface area contributed by atoms with Crippen LogP contribution in [-0.2, 0) is 6.54 Å². The van der Waals surface area contributed by atoms with Crippen molar-refractivity contribution in [2.24, 2.45) is 0 Å². The molecule has 0 radical (unpaired) electrons. The topological polar surface area (TPSA) is 71.0 Å². The molecule has 1 amide bonds. The van der Waals surface area contributed by atoms with E-state index in [0.29, 0.717) is 24.5 Å². The van der Waals surface area contributed by atoms with Crippen molar-refractivity contribution in [3.05, 3.63) is 72.1 Å². The first kappa shape index (κ1) is 19.5. The minimum absolute atomic E-state index is 0.0129. The second-order valence-corrected chi connectivity index (χ2v) is 6.58. The number of amides is 1. The fourth-order valence-corrected chi connectivity index (χ4v) is 2.93. The number of pyridine rings is 1. The molecule has 0 atom stereocenters. The molecule has 2 aromatic heterocycles. The predicted molar refractivity (Wildman–Crippen MR) is 111 cm³/mol. The predicted octanol–water partition coefficient (Wildman–Crippen LogP) is 4.02. The van der Waals surface area contributed by atoms with Crippen molar-refractivity contribution in [1.82, 2.24) is 20.1 Å². The minimum atomic E-state index is 0.0129. The van der Waals surface area contributed by atoms with Crippen LogP contribution in [0.1, 0.15) is 35.7 Å². The third-order valence-corrected chi connectivity index (χ3v) is 4.49. The van der Waals surface area contributed by atoms with E-state index in [9.17, 15) is 4.79 Å². The Bertz CT molecular complexity index is 896. The number of benzene rings is 1. The normalized spacial score (nSPS) is 10.5. The zero-order chi connectivity index (χ0) is 19.8. The standard InChI is InChI=1S/C22H25N5O/c1-3-4-13-27(16-17-7-6-12-24-15-17)22(28)19-9-5-8-18(14-19)20-10-11-21(23-2)26-25-20/h5-12,14-15H,3-4,13,16H2,1-2H3,(H,23,26). The molecule has 28 heavy (non-hydrogen) atoms. The van der Waals surface area contributed by atoms with Crippen LogP contribution in [0, 0.1) is 0 Å². The number of carbonyl (C=O) groups excluding carboxylic acids is 1. The van der Waals surface area contributed by atoms with Crippen molar-refractivity contribution in [3.63, 3.8) is 0 Å². The van der Waals surface area contributed by atoms with Gasteiger partial charge in [-0.2, -0.15) is 0 Å². The number of carbonyl (C=O) groups is 1. The van der Waals surface area contributed by atoms with E-state index in [1.165, 1.54) is 0 Å². The lowest BCUT2D eigenvalue weighted by molar-refractivity contribution is 0.0740. The highest BCUT2D eigenvalue weighted by atomic mass is 16.2. The summed E-state index contributed by atoms with van der Waals surface area (Å²) in [6.45, 7) is 3.39. The number of rotatable bonds is 8. The maximum atomic E-state index is 13.2. The fraction of sp³-hybridized carbons (Fsp3) is 0.273. The van der Waals surface area contributed by atoms with E-state index in [0.717, 1.165) is 29.7 Å². The molecular weight excluding hydrogens is 350 g/mol. The zero-order valence-corrected chi connectivity index (χ0v) is 16.3. The van der Waals surface area contributed by atoms with Gasteiger partial charge < -0.3 is 10.2 Å². The van der Waals surface area contributed by atoms with E-state index in [1.54, 1.807) is 13.2 Å². The molecule has 0 unspecified atom stereocenters. The van der Waals surface area contributed by atoms with Crippen molar-refractivity contribution in [2.45, 2.75) is 26.3 Å². The van der Waals surface area contributed by atoms with Gasteiger partial charge in [0.15, 0.2) is 0 Å². The Labute approximate surface area is 165 Å². The van der Waals surface area contributed by atoms with Crippen molar-refractivity contribution >= 4 is 11.7 Å². The monoisotopic (exact) mass is 375 g/mol. The molecular formula is C22H25N5O.